The number of aryl methyl sites for hydroxylation is 2. The van der Waals surface area contributed by atoms with Gasteiger partial charge >= 0.3 is 0 Å². The molecule has 4 aromatic rings. The summed E-state index contributed by atoms with van der Waals surface area (Å²) in [5.74, 6) is 1.45. The van der Waals surface area contributed by atoms with Crippen LogP contribution in [0.25, 0.3) is 10.9 Å². The Morgan fingerprint density at radius 2 is 1.74 bits per heavy atom. The van der Waals surface area contributed by atoms with Crippen molar-refractivity contribution in [3.63, 3.8) is 0 Å². The summed E-state index contributed by atoms with van der Waals surface area (Å²) in [5.41, 5.74) is 10.4. The number of nitrogens with zero attached hydrogens (tertiary/aromatic N) is 3. The topological polar surface area (TPSA) is 86.0 Å². The van der Waals surface area contributed by atoms with Crippen LogP contribution in [0.1, 0.15) is 11.3 Å². The van der Waals surface area contributed by atoms with E-state index >= 15 is 0 Å². The third-order valence-corrected chi connectivity index (χ3v) is 4.20. The van der Waals surface area contributed by atoms with Crippen LogP contribution in [-0.4, -0.2) is 15.0 Å². The van der Waals surface area contributed by atoms with E-state index in [0.717, 1.165) is 27.8 Å². The molecule has 0 radical (unpaired) electrons. The average molecular weight is 357 g/mol. The smallest absolute Gasteiger partial charge is 0.248 e. The minimum atomic E-state index is 0.306. The monoisotopic (exact) mass is 357 g/mol. The van der Waals surface area contributed by atoms with Crippen LogP contribution in [0.3, 0.4) is 0 Å². The van der Waals surface area contributed by atoms with Crippen molar-refractivity contribution in [2.75, 3.05) is 11.1 Å². The van der Waals surface area contributed by atoms with Gasteiger partial charge in [0, 0.05) is 11.1 Å². The van der Waals surface area contributed by atoms with Crippen molar-refractivity contribution in [3.8, 4) is 11.6 Å². The second-order valence-corrected chi connectivity index (χ2v) is 6.31. The molecule has 3 N–H and O–H groups in total. The Morgan fingerprint density at radius 3 is 2.56 bits per heavy atom. The predicted molar refractivity (Wildman–Crippen MR) is 107 cm³/mol. The number of hydrogen-bond acceptors (Lipinski definition) is 6. The second-order valence-electron chi connectivity index (χ2n) is 6.31. The average Bonchev–Trinajstić information content (AvgIpc) is 2.67. The van der Waals surface area contributed by atoms with Gasteiger partial charge in [0.2, 0.25) is 5.88 Å². The van der Waals surface area contributed by atoms with Crippen LogP contribution in [0, 0.1) is 13.8 Å². The number of aromatic nitrogens is 3. The van der Waals surface area contributed by atoms with E-state index in [1.807, 2.05) is 68.4 Å². The normalized spacial score (nSPS) is 10.7. The van der Waals surface area contributed by atoms with Crippen LogP contribution in [0.15, 0.2) is 60.9 Å². The fraction of sp³-hybridized carbons (Fsp3) is 0.0952. The number of nitrogen functional groups attached to an aromatic ring is 1. The number of benzene rings is 2. The summed E-state index contributed by atoms with van der Waals surface area (Å²) in [6.07, 6.45) is 1.42. The van der Waals surface area contributed by atoms with E-state index < -0.39 is 0 Å². The van der Waals surface area contributed by atoms with E-state index in [1.165, 1.54) is 6.33 Å². The molecule has 134 valence electrons. The van der Waals surface area contributed by atoms with Gasteiger partial charge in [-0.25, -0.2) is 4.98 Å². The summed E-state index contributed by atoms with van der Waals surface area (Å²) in [4.78, 5) is 13.0. The Kier molecular flexibility index (Phi) is 4.30. The highest BCUT2D eigenvalue weighted by molar-refractivity contribution is 5.93. The number of nitrogens with one attached hydrogen (secondary N) is 1. The lowest BCUT2D eigenvalue weighted by Crippen LogP contribution is -2.03. The molecular formula is C21H19N5O. The molecule has 0 aliphatic carbocycles. The first-order valence-corrected chi connectivity index (χ1v) is 8.58. The molecule has 0 atom stereocenters. The number of nitrogens with two attached hydrogens (primary N) is 1. The zero-order valence-corrected chi connectivity index (χ0v) is 15.1. The first-order chi connectivity index (χ1) is 13.1. The highest BCUT2D eigenvalue weighted by Gasteiger charge is 2.12. The molecule has 4 rings (SSSR count). The van der Waals surface area contributed by atoms with Gasteiger partial charge in [-0.05, 0) is 38.1 Å². The van der Waals surface area contributed by atoms with Crippen molar-refractivity contribution in [2.24, 2.45) is 0 Å². The molecule has 6 heteroatoms. The number of rotatable bonds is 4. The Morgan fingerprint density at radius 1 is 0.926 bits per heavy atom. The molecule has 27 heavy (non-hydrogen) atoms. The van der Waals surface area contributed by atoms with Crippen LogP contribution in [0.5, 0.6) is 11.6 Å². The lowest BCUT2D eigenvalue weighted by Gasteiger charge is -2.13. The van der Waals surface area contributed by atoms with Gasteiger partial charge in [0.05, 0.1) is 11.2 Å². The summed E-state index contributed by atoms with van der Waals surface area (Å²) in [7, 11) is 0. The van der Waals surface area contributed by atoms with E-state index in [1.54, 1.807) is 0 Å². The van der Waals surface area contributed by atoms with Crippen LogP contribution < -0.4 is 15.8 Å². The van der Waals surface area contributed by atoms with Gasteiger partial charge in [0.1, 0.15) is 17.8 Å². The van der Waals surface area contributed by atoms with Crippen LogP contribution in [0.2, 0.25) is 0 Å². The van der Waals surface area contributed by atoms with E-state index in [4.69, 9.17) is 10.5 Å². The largest absolute Gasteiger partial charge is 0.437 e. The molecule has 2 heterocycles. The van der Waals surface area contributed by atoms with Gasteiger partial charge < -0.3 is 15.8 Å². The maximum absolute atomic E-state index is 6.25. The fourth-order valence-electron chi connectivity index (χ4n) is 2.75. The summed E-state index contributed by atoms with van der Waals surface area (Å²) in [6, 6.07) is 17.6. The number of ether oxygens (including phenoxy) is 1. The van der Waals surface area contributed by atoms with Gasteiger partial charge in [-0.2, -0.15) is 4.98 Å². The van der Waals surface area contributed by atoms with Gasteiger partial charge in [0.25, 0.3) is 0 Å². The number of pyridine rings is 1. The molecule has 0 spiro atoms. The fourth-order valence-corrected chi connectivity index (χ4v) is 2.75. The quantitative estimate of drug-likeness (QED) is 0.548. The first-order valence-electron chi connectivity index (χ1n) is 8.58. The predicted octanol–water partition coefficient (Wildman–Crippen LogP) is 4.76. The third kappa shape index (κ3) is 3.50. The zero-order valence-electron chi connectivity index (χ0n) is 15.1. The molecule has 2 aromatic carbocycles. The summed E-state index contributed by atoms with van der Waals surface area (Å²) in [6.45, 7) is 3.98. The molecule has 0 bridgehead atoms. The van der Waals surface area contributed by atoms with Crippen LogP contribution in [0.4, 0.5) is 17.2 Å². The molecule has 0 saturated heterocycles. The lowest BCUT2D eigenvalue weighted by molar-refractivity contribution is 0.464. The molecular weight excluding hydrogens is 338 g/mol. The molecule has 2 aromatic heterocycles. The van der Waals surface area contributed by atoms with Crippen molar-refractivity contribution < 1.29 is 4.74 Å². The Labute approximate surface area is 157 Å². The molecule has 0 aliphatic rings. The highest BCUT2D eigenvalue weighted by Crippen LogP contribution is 2.32. The van der Waals surface area contributed by atoms with Crippen LogP contribution >= 0.6 is 0 Å². The Bertz CT molecular complexity index is 1110. The maximum atomic E-state index is 6.25. The molecule has 0 fully saturated rings. The van der Waals surface area contributed by atoms with Gasteiger partial charge in [-0.15, -0.1) is 0 Å². The van der Waals surface area contributed by atoms with Crippen molar-refractivity contribution in [3.05, 3.63) is 72.2 Å². The minimum Gasteiger partial charge on any atom is -0.437 e. The van der Waals surface area contributed by atoms with Gasteiger partial charge in [0.15, 0.2) is 5.82 Å². The first kappa shape index (κ1) is 16.8. The van der Waals surface area contributed by atoms with E-state index in [9.17, 15) is 0 Å². The van der Waals surface area contributed by atoms with Crippen molar-refractivity contribution in [2.45, 2.75) is 13.8 Å². The summed E-state index contributed by atoms with van der Waals surface area (Å²) < 4.78 is 5.82. The highest BCUT2D eigenvalue weighted by atomic mass is 16.5. The van der Waals surface area contributed by atoms with E-state index in [2.05, 4.69) is 20.3 Å². The van der Waals surface area contributed by atoms with Crippen molar-refractivity contribution >= 4 is 28.1 Å². The van der Waals surface area contributed by atoms with E-state index in [-0.39, 0.29) is 0 Å². The summed E-state index contributed by atoms with van der Waals surface area (Å²) >= 11 is 0. The van der Waals surface area contributed by atoms with Crippen molar-refractivity contribution in [1.29, 1.82) is 0 Å². The number of fused-ring (bicyclic) bond motifs is 1. The van der Waals surface area contributed by atoms with Crippen LogP contribution in [-0.2, 0) is 0 Å². The molecule has 6 nitrogen and oxygen atoms in total. The van der Waals surface area contributed by atoms with Gasteiger partial charge in [-0.1, -0.05) is 35.9 Å². The summed E-state index contributed by atoms with van der Waals surface area (Å²) in [5, 5.41) is 4.30. The zero-order chi connectivity index (χ0) is 18.8. The van der Waals surface area contributed by atoms with Gasteiger partial charge in [-0.3, -0.25) is 4.98 Å². The third-order valence-electron chi connectivity index (χ3n) is 4.20. The number of anilines is 3. The van der Waals surface area contributed by atoms with Crippen molar-refractivity contribution in [1.82, 2.24) is 15.0 Å². The standard InChI is InChI=1S/C21H19N5O/c1-13-6-10-16(11-7-13)27-21-18(22)20(23-12-24-21)26-17-5-3-4-15-9-8-14(2)25-19(15)17/h3-12H,22H2,1-2H3,(H,23,24,26). The maximum Gasteiger partial charge on any atom is 0.248 e. The Balaban J connectivity index is 1.67. The Hall–Kier alpha value is -3.67. The number of para-hydroxylation sites is 1. The van der Waals surface area contributed by atoms with E-state index in [0.29, 0.717) is 23.1 Å². The SMILES string of the molecule is Cc1ccc(Oc2ncnc(Nc3cccc4ccc(C)nc34)c2N)cc1. The second kappa shape index (κ2) is 6.92. The molecule has 0 aliphatic heterocycles. The molecule has 0 unspecified atom stereocenters. The molecule has 0 amide bonds. The number of hydrogen-bond donors (Lipinski definition) is 2. The molecule has 0 saturated carbocycles. The minimum absolute atomic E-state index is 0.306. The lowest BCUT2D eigenvalue weighted by atomic mass is 10.1.